The highest BCUT2D eigenvalue weighted by Gasteiger charge is 2.16. The number of rotatable bonds is 8. The third-order valence-corrected chi connectivity index (χ3v) is 6.28. The lowest BCUT2D eigenvalue weighted by Crippen LogP contribution is -2.46. The van der Waals surface area contributed by atoms with Crippen LogP contribution >= 0.6 is 23.4 Å². The van der Waals surface area contributed by atoms with Gasteiger partial charge in [-0.15, -0.1) is 0 Å². The lowest BCUT2D eigenvalue weighted by Gasteiger charge is -2.34. The maximum Gasteiger partial charge on any atom is 0.283 e. The van der Waals surface area contributed by atoms with Gasteiger partial charge in [0.25, 0.3) is 5.24 Å². The summed E-state index contributed by atoms with van der Waals surface area (Å²) in [5.41, 5.74) is 2.66. The largest absolute Gasteiger partial charge is 0.317 e. The van der Waals surface area contributed by atoms with Crippen LogP contribution in [-0.2, 0) is 6.54 Å². The van der Waals surface area contributed by atoms with E-state index in [0.717, 1.165) is 56.5 Å². The number of benzene rings is 2. The van der Waals surface area contributed by atoms with E-state index >= 15 is 0 Å². The van der Waals surface area contributed by atoms with E-state index in [1.807, 2.05) is 12.1 Å². The lowest BCUT2D eigenvalue weighted by molar-refractivity contribution is 0.101. The fourth-order valence-corrected chi connectivity index (χ4v) is 4.19. The van der Waals surface area contributed by atoms with Crippen molar-refractivity contribution in [1.29, 1.82) is 0 Å². The van der Waals surface area contributed by atoms with Crippen molar-refractivity contribution in [2.24, 2.45) is 0 Å². The fraction of sp³-hybridized carbons (Fsp3) is 0.391. The second-order valence-corrected chi connectivity index (χ2v) is 9.00. The Hall–Kier alpha value is -1.86. The van der Waals surface area contributed by atoms with E-state index in [9.17, 15) is 9.59 Å². The van der Waals surface area contributed by atoms with Crippen LogP contribution in [0.5, 0.6) is 0 Å². The predicted molar refractivity (Wildman–Crippen MR) is 126 cm³/mol. The lowest BCUT2D eigenvalue weighted by atomic mass is 10.1. The van der Waals surface area contributed by atoms with Crippen LogP contribution in [0.25, 0.3) is 0 Å². The van der Waals surface area contributed by atoms with E-state index in [1.54, 1.807) is 24.3 Å². The van der Waals surface area contributed by atoms with E-state index < -0.39 is 0 Å². The van der Waals surface area contributed by atoms with Crippen molar-refractivity contribution in [2.45, 2.75) is 19.9 Å². The Balaban J connectivity index is 1.28. The number of carbonyl (C=O) groups is 2. The van der Waals surface area contributed by atoms with Gasteiger partial charge in [0.1, 0.15) is 0 Å². The summed E-state index contributed by atoms with van der Waals surface area (Å²) in [6, 6.07) is 15.1. The molecule has 5 nitrogen and oxygen atoms in total. The van der Waals surface area contributed by atoms with Crippen molar-refractivity contribution < 1.29 is 9.59 Å². The molecule has 0 unspecified atom stereocenters. The van der Waals surface area contributed by atoms with Crippen LogP contribution in [0.2, 0.25) is 5.02 Å². The molecule has 1 N–H and O–H groups in total. The minimum absolute atomic E-state index is 0.0214. The molecule has 3 rings (SSSR count). The molecule has 0 saturated carbocycles. The van der Waals surface area contributed by atoms with E-state index in [4.69, 9.17) is 11.6 Å². The molecule has 1 aliphatic rings. The molecule has 0 atom stereocenters. The van der Waals surface area contributed by atoms with Gasteiger partial charge in [-0.25, -0.2) is 0 Å². The maximum absolute atomic E-state index is 12.1. The van der Waals surface area contributed by atoms with E-state index in [0.29, 0.717) is 11.3 Å². The maximum atomic E-state index is 12.1. The second kappa shape index (κ2) is 11.5. The van der Waals surface area contributed by atoms with Gasteiger partial charge in [-0.05, 0) is 61.9 Å². The van der Waals surface area contributed by atoms with Crippen molar-refractivity contribution >= 4 is 40.1 Å². The molecular weight excluding hydrogens is 418 g/mol. The SMILES string of the molecule is CC(=O)c1ccc(NC(=O)SCCCN2CCN(Cc3ccc(Cl)cc3)CC2)cc1. The van der Waals surface area contributed by atoms with Crippen LogP contribution in [0.1, 0.15) is 29.3 Å². The molecule has 30 heavy (non-hydrogen) atoms. The van der Waals surface area contributed by atoms with Gasteiger partial charge in [-0.1, -0.05) is 35.5 Å². The summed E-state index contributed by atoms with van der Waals surface area (Å²) < 4.78 is 0. The van der Waals surface area contributed by atoms with Gasteiger partial charge in [0, 0.05) is 54.8 Å². The van der Waals surface area contributed by atoms with Gasteiger partial charge < -0.3 is 10.2 Å². The molecule has 0 aromatic heterocycles. The zero-order valence-corrected chi connectivity index (χ0v) is 18.8. The predicted octanol–water partition coefficient (Wildman–Crippen LogP) is 5.02. The number of piperazine rings is 1. The van der Waals surface area contributed by atoms with Gasteiger partial charge in [-0.3, -0.25) is 14.5 Å². The molecule has 160 valence electrons. The molecule has 7 heteroatoms. The number of amides is 1. The van der Waals surface area contributed by atoms with Crippen LogP contribution in [0.4, 0.5) is 10.5 Å². The standard InChI is InChI=1S/C23H28ClN3O2S/c1-18(28)20-5-9-22(10-6-20)25-23(29)30-16-2-11-26-12-14-27(15-13-26)17-19-3-7-21(24)8-4-19/h3-10H,2,11-17H2,1H3,(H,25,29). The van der Waals surface area contributed by atoms with Gasteiger partial charge in [0.2, 0.25) is 0 Å². The number of hydrogen-bond acceptors (Lipinski definition) is 5. The number of Topliss-reactive ketones (excluding diaryl/α,β-unsaturated/α-hetero) is 1. The normalized spacial score (nSPS) is 15.1. The van der Waals surface area contributed by atoms with Crippen LogP contribution in [0.15, 0.2) is 48.5 Å². The van der Waals surface area contributed by atoms with E-state index in [2.05, 4.69) is 27.2 Å². The molecule has 0 spiro atoms. The number of hydrogen-bond donors (Lipinski definition) is 1. The summed E-state index contributed by atoms with van der Waals surface area (Å²) in [5, 5.41) is 3.58. The third-order valence-electron chi connectivity index (χ3n) is 5.17. The zero-order valence-electron chi connectivity index (χ0n) is 17.3. The molecule has 2 aromatic rings. The smallest absolute Gasteiger partial charge is 0.283 e. The average molecular weight is 446 g/mol. The summed E-state index contributed by atoms with van der Waals surface area (Å²) in [6.45, 7) is 7.76. The Bertz CT molecular complexity index is 835. The zero-order chi connectivity index (χ0) is 21.3. The summed E-state index contributed by atoms with van der Waals surface area (Å²) in [7, 11) is 0. The molecule has 1 heterocycles. The first-order valence-electron chi connectivity index (χ1n) is 10.2. The van der Waals surface area contributed by atoms with Crippen LogP contribution < -0.4 is 5.32 Å². The molecule has 0 radical (unpaired) electrons. The molecule has 1 aliphatic heterocycles. The Morgan fingerprint density at radius 2 is 1.60 bits per heavy atom. The number of halogens is 1. The first kappa shape index (κ1) is 22.8. The average Bonchev–Trinajstić information content (AvgIpc) is 2.74. The van der Waals surface area contributed by atoms with Crippen LogP contribution in [0, 0.1) is 0 Å². The molecule has 2 aromatic carbocycles. The topological polar surface area (TPSA) is 52.7 Å². The van der Waals surface area contributed by atoms with Crippen molar-refractivity contribution in [3.05, 3.63) is 64.7 Å². The van der Waals surface area contributed by atoms with Crippen molar-refractivity contribution in [3.8, 4) is 0 Å². The summed E-state index contributed by atoms with van der Waals surface area (Å²) >= 11 is 7.26. The van der Waals surface area contributed by atoms with Gasteiger partial charge in [-0.2, -0.15) is 0 Å². The number of carbonyl (C=O) groups excluding carboxylic acids is 2. The first-order valence-corrected chi connectivity index (χ1v) is 11.6. The van der Waals surface area contributed by atoms with Crippen molar-refractivity contribution in [3.63, 3.8) is 0 Å². The molecule has 1 saturated heterocycles. The highest BCUT2D eigenvalue weighted by atomic mass is 35.5. The van der Waals surface area contributed by atoms with Crippen LogP contribution in [0.3, 0.4) is 0 Å². The molecule has 0 aliphatic carbocycles. The number of nitrogens with one attached hydrogen (secondary N) is 1. The van der Waals surface area contributed by atoms with Crippen LogP contribution in [-0.4, -0.2) is 59.3 Å². The monoisotopic (exact) mass is 445 g/mol. The quantitative estimate of drug-likeness (QED) is 0.457. The molecule has 1 fully saturated rings. The molecule has 1 amide bonds. The minimum atomic E-state index is -0.0571. The third kappa shape index (κ3) is 7.43. The van der Waals surface area contributed by atoms with E-state index in [1.165, 1.54) is 24.2 Å². The van der Waals surface area contributed by atoms with Gasteiger partial charge in [0.15, 0.2) is 5.78 Å². The highest BCUT2D eigenvalue weighted by molar-refractivity contribution is 8.13. The Kier molecular flexibility index (Phi) is 8.75. The van der Waals surface area contributed by atoms with Gasteiger partial charge in [0.05, 0.1) is 0 Å². The number of nitrogens with zero attached hydrogens (tertiary/aromatic N) is 2. The first-order chi connectivity index (χ1) is 14.5. The Morgan fingerprint density at radius 1 is 0.967 bits per heavy atom. The summed E-state index contributed by atoms with van der Waals surface area (Å²) in [5.74, 6) is 0.815. The molecule has 0 bridgehead atoms. The Labute approximate surface area is 187 Å². The van der Waals surface area contributed by atoms with Crippen molar-refractivity contribution in [2.75, 3.05) is 43.8 Å². The van der Waals surface area contributed by atoms with Gasteiger partial charge >= 0.3 is 0 Å². The van der Waals surface area contributed by atoms with Crippen molar-refractivity contribution in [1.82, 2.24) is 9.80 Å². The summed E-state index contributed by atoms with van der Waals surface area (Å²) in [4.78, 5) is 28.3. The Morgan fingerprint density at radius 3 is 2.23 bits per heavy atom. The van der Waals surface area contributed by atoms with E-state index in [-0.39, 0.29) is 11.0 Å². The molecular formula is C23H28ClN3O2S. The second-order valence-electron chi connectivity index (χ2n) is 7.49. The number of ketones is 1. The fourth-order valence-electron chi connectivity index (χ4n) is 3.41. The highest BCUT2D eigenvalue weighted by Crippen LogP contribution is 2.15. The minimum Gasteiger partial charge on any atom is -0.317 e. The number of anilines is 1. The number of thioether (sulfide) groups is 1. The summed E-state index contributed by atoms with van der Waals surface area (Å²) in [6.07, 6.45) is 0.985.